The predicted octanol–water partition coefficient (Wildman–Crippen LogP) is 5.59. The molecular weight excluding hydrogens is 436 g/mol. The lowest BCUT2D eigenvalue weighted by molar-refractivity contribution is -0.114. The van der Waals surface area contributed by atoms with Crippen molar-refractivity contribution in [2.45, 2.75) is 51.6 Å². The van der Waals surface area contributed by atoms with E-state index in [0.717, 1.165) is 35.5 Å². The largest absolute Gasteiger partial charge is 0.493 e. The number of piperidine rings is 1. The van der Waals surface area contributed by atoms with Crippen LogP contribution in [-0.2, 0) is 11.2 Å². The number of hydrogen-bond donors (Lipinski definition) is 0. The number of carbonyl (C=O) groups excluding carboxylic acids is 1. The van der Waals surface area contributed by atoms with Crippen molar-refractivity contribution in [3.63, 3.8) is 0 Å². The van der Waals surface area contributed by atoms with Gasteiger partial charge < -0.3 is 14.4 Å². The van der Waals surface area contributed by atoms with Crippen molar-refractivity contribution < 1.29 is 14.3 Å². The lowest BCUT2D eigenvalue weighted by Crippen LogP contribution is -2.45. The Labute approximate surface area is 201 Å². The number of nitrogens with zero attached hydrogens (tertiary/aromatic N) is 2. The van der Waals surface area contributed by atoms with Crippen LogP contribution in [0.3, 0.4) is 0 Å². The number of fused-ring (bicyclic) bond motifs is 1. The van der Waals surface area contributed by atoms with Crippen LogP contribution in [0.15, 0.2) is 42.5 Å². The first-order valence-corrected chi connectivity index (χ1v) is 12.2. The van der Waals surface area contributed by atoms with Crippen molar-refractivity contribution in [1.82, 2.24) is 4.90 Å². The van der Waals surface area contributed by atoms with Crippen molar-refractivity contribution >= 4 is 29.3 Å². The van der Waals surface area contributed by atoms with Crippen molar-refractivity contribution in [2.75, 3.05) is 31.7 Å². The van der Waals surface area contributed by atoms with Crippen LogP contribution in [0.25, 0.3) is 6.08 Å². The fourth-order valence-corrected chi connectivity index (χ4v) is 5.13. The summed E-state index contributed by atoms with van der Waals surface area (Å²) >= 11 is 6.22. The molecule has 0 aliphatic carbocycles. The fraction of sp³-hybridized carbons (Fsp3) is 0.444. The second-order valence-corrected chi connectivity index (χ2v) is 9.35. The molecule has 0 aromatic heterocycles. The summed E-state index contributed by atoms with van der Waals surface area (Å²) in [5.41, 5.74) is 2.81. The molecule has 1 fully saturated rings. The van der Waals surface area contributed by atoms with Gasteiger partial charge in [-0.3, -0.25) is 9.69 Å². The molecule has 2 aliphatic heterocycles. The van der Waals surface area contributed by atoms with Crippen LogP contribution in [0.1, 0.15) is 44.2 Å². The standard InChI is InChI=1S/C27H33ClN2O3/c1-19-7-6-8-20(2)29(19)15-16-33-26-18-24-22(17-25(26)32-3)13-14-30(24)27(31)12-11-21-9-4-5-10-23(21)28/h4-5,9-12,17-20H,6-8,13-16H2,1-3H3/b12-11+. The van der Waals surface area contributed by atoms with E-state index in [9.17, 15) is 4.79 Å². The van der Waals surface area contributed by atoms with Gasteiger partial charge in [0.05, 0.1) is 12.8 Å². The molecule has 0 spiro atoms. The fourth-order valence-electron chi connectivity index (χ4n) is 4.93. The molecule has 6 heteroatoms. The summed E-state index contributed by atoms with van der Waals surface area (Å²) in [7, 11) is 1.66. The van der Waals surface area contributed by atoms with E-state index in [4.69, 9.17) is 21.1 Å². The molecule has 176 valence electrons. The normalized spacial score (nSPS) is 20.8. The Morgan fingerprint density at radius 2 is 1.91 bits per heavy atom. The average molecular weight is 469 g/mol. The lowest BCUT2D eigenvalue weighted by atomic mass is 9.98. The number of hydrogen-bond acceptors (Lipinski definition) is 4. The van der Waals surface area contributed by atoms with E-state index in [1.54, 1.807) is 24.2 Å². The highest BCUT2D eigenvalue weighted by molar-refractivity contribution is 6.32. The van der Waals surface area contributed by atoms with Gasteiger partial charge in [0.1, 0.15) is 6.61 Å². The highest BCUT2D eigenvalue weighted by Crippen LogP contribution is 2.39. The summed E-state index contributed by atoms with van der Waals surface area (Å²) in [5.74, 6) is 1.33. The van der Waals surface area contributed by atoms with Crippen LogP contribution in [0.4, 0.5) is 5.69 Å². The summed E-state index contributed by atoms with van der Waals surface area (Å²) in [6.45, 7) is 6.70. The van der Waals surface area contributed by atoms with Crippen LogP contribution in [0.5, 0.6) is 11.5 Å². The Bertz CT molecular complexity index is 1010. The number of benzene rings is 2. The minimum atomic E-state index is -0.0687. The Balaban J connectivity index is 1.46. The quantitative estimate of drug-likeness (QED) is 0.496. The molecule has 2 heterocycles. The van der Waals surface area contributed by atoms with Crippen LogP contribution in [0.2, 0.25) is 5.02 Å². The molecule has 2 aromatic carbocycles. The van der Waals surface area contributed by atoms with Gasteiger partial charge in [-0.1, -0.05) is 36.2 Å². The third kappa shape index (κ3) is 5.36. The average Bonchev–Trinajstić information content (AvgIpc) is 3.22. The van der Waals surface area contributed by atoms with E-state index < -0.39 is 0 Å². The Morgan fingerprint density at radius 3 is 2.64 bits per heavy atom. The molecule has 2 atom stereocenters. The summed E-state index contributed by atoms with van der Waals surface area (Å²) in [6.07, 6.45) is 7.93. The molecule has 5 nitrogen and oxygen atoms in total. The molecule has 1 amide bonds. The summed E-state index contributed by atoms with van der Waals surface area (Å²) in [6, 6.07) is 12.6. The van der Waals surface area contributed by atoms with Gasteiger partial charge >= 0.3 is 0 Å². The number of carbonyl (C=O) groups is 1. The molecular formula is C27H33ClN2O3. The third-order valence-electron chi connectivity index (χ3n) is 6.82. The van der Waals surface area contributed by atoms with E-state index in [-0.39, 0.29) is 5.91 Å². The lowest BCUT2D eigenvalue weighted by Gasteiger charge is -2.38. The van der Waals surface area contributed by atoms with E-state index in [2.05, 4.69) is 18.7 Å². The third-order valence-corrected chi connectivity index (χ3v) is 7.16. The molecule has 1 saturated heterocycles. The predicted molar refractivity (Wildman–Crippen MR) is 135 cm³/mol. The first-order chi connectivity index (χ1) is 16.0. The van der Waals surface area contributed by atoms with E-state index in [1.165, 1.54) is 19.3 Å². The first kappa shape index (κ1) is 23.7. The Morgan fingerprint density at radius 1 is 1.15 bits per heavy atom. The number of ether oxygens (including phenoxy) is 2. The van der Waals surface area contributed by atoms with Crippen LogP contribution < -0.4 is 14.4 Å². The topological polar surface area (TPSA) is 42.0 Å². The van der Waals surface area contributed by atoms with E-state index >= 15 is 0 Å². The number of anilines is 1. The molecule has 0 radical (unpaired) electrons. The maximum Gasteiger partial charge on any atom is 0.251 e. The Hall–Kier alpha value is -2.50. The minimum absolute atomic E-state index is 0.0687. The highest BCUT2D eigenvalue weighted by Gasteiger charge is 2.27. The maximum atomic E-state index is 13.0. The Kier molecular flexibility index (Phi) is 7.61. The first-order valence-electron chi connectivity index (χ1n) is 11.8. The minimum Gasteiger partial charge on any atom is -0.493 e. The van der Waals surface area contributed by atoms with Gasteiger partial charge in [0.15, 0.2) is 11.5 Å². The molecule has 0 bridgehead atoms. The van der Waals surface area contributed by atoms with Crippen molar-refractivity contribution in [1.29, 1.82) is 0 Å². The zero-order valence-corrected chi connectivity index (χ0v) is 20.5. The van der Waals surface area contributed by atoms with Gasteiger partial charge in [0, 0.05) is 42.3 Å². The van der Waals surface area contributed by atoms with Crippen LogP contribution >= 0.6 is 11.6 Å². The summed E-state index contributed by atoms with van der Waals surface area (Å²) in [4.78, 5) is 17.3. The number of likely N-dealkylation sites (tertiary alicyclic amines) is 1. The highest BCUT2D eigenvalue weighted by atomic mass is 35.5. The maximum absolute atomic E-state index is 13.0. The van der Waals surface area contributed by atoms with Crippen LogP contribution in [0, 0.1) is 0 Å². The molecule has 2 unspecified atom stereocenters. The molecule has 2 aromatic rings. The van der Waals surface area contributed by atoms with Gasteiger partial charge in [0.25, 0.3) is 5.91 Å². The van der Waals surface area contributed by atoms with Gasteiger partial charge in [0.2, 0.25) is 0 Å². The zero-order valence-electron chi connectivity index (χ0n) is 19.7. The van der Waals surface area contributed by atoms with Crippen molar-refractivity contribution in [3.05, 3.63) is 58.6 Å². The molecule has 0 saturated carbocycles. The smallest absolute Gasteiger partial charge is 0.251 e. The van der Waals surface area contributed by atoms with Gasteiger partial charge in [-0.25, -0.2) is 0 Å². The second-order valence-electron chi connectivity index (χ2n) is 8.94. The van der Waals surface area contributed by atoms with Crippen molar-refractivity contribution in [2.24, 2.45) is 0 Å². The van der Waals surface area contributed by atoms with Gasteiger partial charge in [-0.05, 0) is 62.4 Å². The zero-order chi connectivity index (χ0) is 23.4. The second kappa shape index (κ2) is 10.6. The van der Waals surface area contributed by atoms with E-state index in [0.29, 0.717) is 36.0 Å². The number of rotatable bonds is 7. The molecule has 4 rings (SSSR count). The molecule has 33 heavy (non-hydrogen) atoms. The van der Waals surface area contributed by atoms with Crippen LogP contribution in [-0.4, -0.2) is 49.7 Å². The summed E-state index contributed by atoms with van der Waals surface area (Å²) < 4.78 is 11.8. The number of halogens is 1. The van der Waals surface area contributed by atoms with Crippen molar-refractivity contribution in [3.8, 4) is 11.5 Å². The molecule has 2 aliphatic rings. The SMILES string of the molecule is COc1cc2c(cc1OCCN1C(C)CCCC1C)N(C(=O)/C=C/c1ccccc1Cl)CC2. The number of methoxy groups -OCH3 is 1. The summed E-state index contributed by atoms with van der Waals surface area (Å²) in [5, 5.41) is 0.626. The van der Waals surface area contributed by atoms with Gasteiger partial charge in [-0.2, -0.15) is 0 Å². The van der Waals surface area contributed by atoms with Gasteiger partial charge in [-0.15, -0.1) is 0 Å². The number of amides is 1. The molecule has 0 N–H and O–H groups in total. The monoisotopic (exact) mass is 468 g/mol. The van der Waals surface area contributed by atoms with E-state index in [1.807, 2.05) is 36.4 Å².